The fourth-order valence-electron chi connectivity index (χ4n) is 4.74. The van der Waals surface area contributed by atoms with Crippen molar-refractivity contribution in [3.05, 3.63) is 97.2 Å². The van der Waals surface area contributed by atoms with Gasteiger partial charge in [0.15, 0.2) is 12.4 Å². The summed E-state index contributed by atoms with van der Waals surface area (Å²) in [6.45, 7) is 3.00. The summed E-state index contributed by atoms with van der Waals surface area (Å²) in [7, 11) is 0. The van der Waals surface area contributed by atoms with Crippen molar-refractivity contribution in [3.8, 4) is 0 Å². The molecule has 1 aliphatic rings. The van der Waals surface area contributed by atoms with Crippen LogP contribution in [0.5, 0.6) is 0 Å². The fraction of sp³-hybridized carbons (Fsp3) is 0.561. The average Bonchev–Trinajstić information content (AvgIpc) is 3.13. The van der Waals surface area contributed by atoms with Gasteiger partial charge in [-0.3, -0.25) is 9.59 Å². The van der Waals surface area contributed by atoms with Crippen molar-refractivity contribution in [2.45, 2.75) is 128 Å². The summed E-state index contributed by atoms with van der Waals surface area (Å²) in [5.41, 5.74) is 0. The number of hydrogen-bond acceptors (Lipinski definition) is 10. The van der Waals surface area contributed by atoms with Crippen LogP contribution in [0.4, 0.5) is 0 Å². The second-order valence-corrected chi connectivity index (χ2v) is 12.1. The summed E-state index contributed by atoms with van der Waals surface area (Å²) in [6.07, 6.45) is 32.8. The maximum absolute atomic E-state index is 12.7. The summed E-state index contributed by atoms with van der Waals surface area (Å²) in [4.78, 5) is 25.1. The molecule has 0 bridgehead atoms. The first-order valence-electron chi connectivity index (χ1n) is 18.4. The quantitative estimate of drug-likeness (QED) is 0.0426. The van der Waals surface area contributed by atoms with Gasteiger partial charge >= 0.3 is 11.9 Å². The molecule has 6 atom stereocenters. The summed E-state index contributed by atoms with van der Waals surface area (Å²) < 4.78 is 21.9. The minimum absolute atomic E-state index is 0.168. The summed E-state index contributed by atoms with van der Waals surface area (Å²) in [5.74, 6) is -0.915. The molecule has 0 aromatic heterocycles. The van der Waals surface area contributed by atoms with Gasteiger partial charge in [-0.1, -0.05) is 124 Å². The van der Waals surface area contributed by atoms with Crippen LogP contribution in [0.2, 0.25) is 0 Å². The summed E-state index contributed by atoms with van der Waals surface area (Å²) in [5, 5.41) is 39.9. The Morgan fingerprint density at radius 2 is 1.10 bits per heavy atom. The topological polar surface area (TPSA) is 152 Å². The van der Waals surface area contributed by atoms with Gasteiger partial charge in [-0.2, -0.15) is 0 Å². The van der Waals surface area contributed by atoms with Crippen LogP contribution in [0.15, 0.2) is 97.2 Å². The maximum Gasteiger partial charge on any atom is 0.306 e. The van der Waals surface area contributed by atoms with Gasteiger partial charge in [-0.15, -0.1) is 0 Å². The number of unbranched alkanes of at least 4 members (excludes halogenated alkanes) is 6. The molecule has 1 aliphatic heterocycles. The third-order valence-electron chi connectivity index (χ3n) is 7.65. The van der Waals surface area contributed by atoms with Gasteiger partial charge in [0.2, 0.25) is 0 Å². The molecule has 286 valence electrons. The molecular weight excluding hydrogens is 652 g/mol. The van der Waals surface area contributed by atoms with Crippen LogP contribution >= 0.6 is 0 Å². The molecule has 3 unspecified atom stereocenters. The number of carbonyl (C=O) groups is 2. The number of allylic oxidation sites excluding steroid dienone is 16. The summed E-state index contributed by atoms with van der Waals surface area (Å²) in [6, 6.07) is 0. The molecule has 0 aliphatic carbocycles. The molecule has 0 aromatic carbocycles. The predicted molar refractivity (Wildman–Crippen MR) is 200 cm³/mol. The van der Waals surface area contributed by atoms with Crippen LogP contribution in [-0.4, -0.2) is 89.0 Å². The van der Waals surface area contributed by atoms with E-state index in [0.29, 0.717) is 12.8 Å². The zero-order valence-corrected chi connectivity index (χ0v) is 30.5. The Labute approximate surface area is 305 Å². The number of esters is 2. The lowest BCUT2D eigenvalue weighted by atomic mass is 9.99. The van der Waals surface area contributed by atoms with Gasteiger partial charge in [-0.25, -0.2) is 0 Å². The van der Waals surface area contributed by atoms with Gasteiger partial charge in [0.1, 0.15) is 31.0 Å². The smallest absolute Gasteiger partial charge is 0.306 e. The van der Waals surface area contributed by atoms with E-state index in [1.54, 1.807) is 0 Å². The number of ether oxygens (including phenoxy) is 4. The van der Waals surface area contributed by atoms with Crippen molar-refractivity contribution in [3.63, 3.8) is 0 Å². The lowest BCUT2D eigenvalue weighted by Crippen LogP contribution is -2.59. The monoisotopic (exact) mass is 714 g/mol. The first-order valence-corrected chi connectivity index (χ1v) is 18.4. The number of aliphatic hydroxyl groups excluding tert-OH is 4. The first-order chi connectivity index (χ1) is 24.8. The van der Waals surface area contributed by atoms with Crippen molar-refractivity contribution >= 4 is 11.9 Å². The van der Waals surface area contributed by atoms with E-state index < -0.39 is 55.4 Å². The third-order valence-corrected chi connectivity index (χ3v) is 7.65. The Bertz CT molecular complexity index is 1150. The average molecular weight is 715 g/mol. The molecule has 1 heterocycles. The van der Waals surface area contributed by atoms with Crippen LogP contribution in [0.1, 0.15) is 90.9 Å². The second kappa shape index (κ2) is 31.4. The molecule has 1 saturated heterocycles. The number of aliphatic hydroxyl groups is 4. The molecule has 0 radical (unpaired) electrons. The Balaban J connectivity index is 2.50. The highest BCUT2D eigenvalue weighted by molar-refractivity contribution is 5.70. The largest absolute Gasteiger partial charge is 0.462 e. The minimum atomic E-state index is -1.61. The van der Waals surface area contributed by atoms with E-state index in [1.807, 2.05) is 72.9 Å². The lowest BCUT2D eigenvalue weighted by Gasteiger charge is -2.39. The van der Waals surface area contributed by atoms with Crippen molar-refractivity contribution in [1.29, 1.82) is 0 Å². The van der Waals surface area contributed by atoms with E-state index in [1.165, 1.54) is 0 Å². The fourth-order valence-corrected chi connectivity index (χ4v) is 4.74. The van der Waals surface area contributed by atoms with E-state index in [0.717, 1.165) is 51.4 Å². The van der Waals surface area contributed by atoms with Crippen molar-refractivity contribution in [2.75, 3.05) is 19.8 Å². The number of rotatable bonds is 27. The highest BCUT2D eigenvalue weighted by atomic mass is 16.7. The molecule has 0 amide bonds. The first kappa shape index (κ1) is 45.6. The molecule has 10 heteroatoms. The Hall–Kier alpha value is -3.38. The van der Waals surface area contributed by atoms with Gasteiger partial charge < -0.3 is 39.4 Å². The van der Waals surface area contributed by atoms with Crippen molar-refractivity contribution in [2.24, 2.45) is 0 Å². The molecule has 0 spiro atoms. The van der Waals surface area contributed by atoms with E-state index in [-0.39, 0.29) is 26.1 Å². The second-order valence-electron chi connectivity index (χ2n) is 12.1. The zero-order valence-electron chi connectivity index (χ0n) is 30.5. The van der Waals surface area contributed by atoms with Gasteiger partial charge in [0.05, 0.1) is 13.2 Å². The SMILES string of the molecule is CC/C=C/C=C/C=C/C=C/CCCCCC(=O)OCC(CO[C@H]1O[C@@H](CO)[C@@H](O)C(O)C1O)OC(=O)CCCCC/C=C/C=C/C=C/C=C/CC. The molecule has 0 saturated carbocycles. The maximum atomic E-state index is 12.7. The van der Waals surface area contributed by atoms with Crippen molar-refractivity contribution in [1.82, 2.24) is 0 Å². The van der Waals surface area contributed by atoms with E-state index >= 15 is 0 Å². The molecule has 1 rings (SSSR count). The molecule has 4 N–H and O–H groups in total. The standard InChI is InChI=1S/C41H62O10/c1-3-5-7-9-11-13-15-17-19-21-23-25-27-29-36(43)48-32-34(33-49-41-40(47)39(46)38(45)35(31-42)51-41)50-37(44)30-28-26-24-22-20-18-16-14-12-10-8-6-4-2/h5-20,34-35,38-42,45-47H,3-4,21-33H2,1-2H3/b7-5+,8-6+,11-9+,12-10+,15-13+,16-14+,19-17+,20-18+/t34?,35-,38+,39?,40?,41-/m0/s1. The Morgan fingerprint density at radius 1 is 0.608 bits per heavy atom. The van der Waals surface area contributed by atoms with Crippen LogP contribution in [0.3, 0.4) is 0 Å². The van der Waals surface area contributed by atoms with Gasteiger partial charge in [-0.05, 0) is 51.4 Å². The lowest BCUT2D eigenvalue weighted by molar-refractivity contribution is -0.305. The highest BCUT2D eigenvalue weighted by Gasteiger charge is 2.44. The van der Waals surface area contributed by atoms with Crippen LogP contribution in [0, 0.1) is 0 Å². The predicted octanol–water partition coefficient (Wildman–Crippen LogP) is 6.43. The molecule has 0 aromatic rings. The minimum Gasteiger partial charge on any atom is -0.462 e. The molecular formula is C41H62O10. The van der Waals surface area contributed by atoms with Crippen LogP contribution < -0.4 is 0 Å². The van der Waals surface area contributed by atoms with E-state index in [9.17, 15) is 30.0 Å². The number of hydrogen-bond donors (Lipinski definition) is 4. The Morgan fingerprint density at radius 3 is 1.61 bits per heavy atom. The van der Waals surface area contributed by atoms with E-state index in [2.05, 4.69) is 38.2 Å². The highest BCUT2D eigenvalue weighted by Crippen LogP contribution is 2.22. The zero-order chi connectivity index (χ0) is 37.4. The summed E-state index contributed by atoms with van der Waals surface area (Å²) >= 11 is 0. The van der Waals surface area contributed by atoms with Crippen LogP contribution in [-0.2, 0) is 28.5 Å². The molecule has 10 nitrogen and oxygen atoms in total. The van der Waals surface area contributed by atoms with Gasteiger partial charge in [0, 0.05) is 12.8 Å². The Kier molecular flexibility index (Phi) is 28.1. The van der Waals surface area contributed by atoms with Crippen molar-refractivity contribution < 1.29 is 49.0 Å². The van der Waals surface area contributed by atoms with Crippen LogP contribution in [0.25, 0.3) is 0 Å². The molecule has 51 heavy (non-hydrogen) atoms. The number of carbonyl (C=O) groups excluding carboxylic acids is 2. The third kappa shape index (κ3) is 23.7. The van der Waals surface area contributed by atoms with Gasteiger partial charge in [0.25, 0.3) is 0 Å². The van der Waals surface area contributed by atoms with E-state index in [4.69, 9.17) is 18.9 Å². The normalized spacial score (nSPS) is 22.4. The molecule has 1 fully saturated rings.